The molecular formula is C15H17Cl2NO3. The van der Waals surface area contributed by atoms with Crippen molar-refractivity contribution >= 4 is 29.1 Å². The second-order valence-electron chi connectivity index (χ2n) is 6.24. The summed E-state index contributed by atoms with van der Waals surface area (Å²) < 4.78 is 10.8. The molecule has 3 rings (SSSR count). The minimum Gasteiger partial charge on any atom is -0.368 e. The zero-order valence-corrected chi connectivity index (χ0v) is 13.5. The zero-order valence-electron chi connectivity index (χ0n) is 12.0. The summed E-state index contributed by atoms with van der Waals surface area (Å²) in [7, 11) is 0. The SMILES string of the molecule is CC1(CN(CC2(C)CO2)C(=O)c2cccc(Cl)c2Cl)CO1. The molecule has 2 unspecified atom stereocenters. The Morgan fingerprint density at radius 3 is 2.19 bits per heavy atom. The minimum atomic E-state index is -0.258. The Labute approximate surface area is 133 Å². The van der Waals surface area contributed by atoms with Crippen LogP contribution in [-0.4, -0.2) is 48.3 Å². The Morgan fingerprint density at radius 1 is 1.19 bits per heavy atom. The molecule has 1 amide bonds. The predicted octanol–water partition coefficient (Wildman–Crippen LogP) is 3.01. The molecule has 0 bridgehead atoms. The number of amides is 1. The van der Waals surface area contributed by atoms with Gasteiger partial charge in [-0.15, -0.1) is 0 Å². The van der Waals surface area contributed by atoms with Crippen LogP contribution in [-0.2, 0) is 9.47 Å². The number of rotatable bonds is 5. The van der Waals surface area contributed by atoms with Gasteiger partial charge in [-0.05, 0) is 26.0 Å². The first-order valence-electron chi connectivity index (χ1n) is 6.83. The van der Waals surface area contributed by atoms with Crippen LogP contribution in [0.5, 0.6) is 0 Å². The van der Waals surface area contributed by atoms with E-state index in [1.54, 1.807) is 23.1 Å². The molecule has 0 aromatic heterocycles. The van der Waals surface area contributed by atoms with Gasteiger partial charge < -0.3 is 14.4 Å². The summed E-state index contributed by atoms with van der Waals surface area (Å²) in [4.78, 5) is 14.5. The molecule has 6 heteroatoms. The molecule has 0 aliphatic carbocycles. The summed E-state index contributed by atoms with van der Waals surface area (Å²) in [5.41, 5.74) is -0.101. The molecule has 0 saturated carbocycles. The van der Waals surface area contributed by atoms with Gasteiger partial charge >= 0.3 is 0 Å². The predicted molar refractivity (Wildman–Crippen MR) is 81.1 cm³/mol. The molecule has 4 nitrogen and oxygen atoms in total. The second-order valence-corrected chi connectivity index (χ2v) is 7.02. The van der Waals surface area contributed by atoms with E-state index in [9.17, 15) is 4.79 Å². The van der Waals surface area contributed by atoms with Crippen LogP contribution < -0.4 is 0 Å². The van der Waals surface area contributed by atoms with Crippen molar-refractivity contribution in [3.05, 3.63) is 33.8 Å². The molecule has 21 heavy (non-hydrogen) atoms. The normalized spacial score (nSPS) is 30.1. The summed E-state index contributed by atoms with van der Waals surface area (Å²) in [6, 6.07) is 5.08. The summed E-state index contributed by atoms with van der Waals surface area (Å²) in [6.07, 6.45) is 0. The highest BCUT2D eigenvalue weighted by Crippen LogP contribution is 2.33. The lowest BCUT2D eigenvalue weighted by Crippen LogP contribution is -2.43. The Kier molecular flexibility index (Phi) is 3.69. The third-order valence-electron chi connectivity index (χ3n) is 3.79. The lowest BCUT2D eigenvalue weighted by atomic mass is 10.1. The van der Waals surface area contributed by atoms with Gasteiger partial charge in [0.25, 0.3) is 5.91 Å². The van der Waals surface area contributed by atoms with E-state index in [0.717, 1.165) is 0 Å². The fourth-order valence-corrected chi connectivity index (χ4v) is 2.66. The number of carbonyl (C=O) groups is 1. The first-order valence-corrected chi connectivity index (χ1v) is 7.59. The molecule has 2 aliphatic rings. The molecule has 0 radical (unpaired) electrons. The van der Waals surface area contributed by atoms with Crippen LogP contribution in [0, 0.1) is 0 Å². The van der Waals surface area contributed by atoms with Crippen LogP contribution >= 0.6 is 23.2 Å². The maximum absolute atomic E-state index is 12.8. The Bertz CT molecular complexity index is 562. The minimum absolute atomic E-state index is 0.143. The number of hydrogen-bond acceptors (Lipinski definition) is 3. The number of nitrogens with zero attached hydrogens (tertiary/aromatic N) is 1. The topological polar surface area (TPSA) is 45.4 Å². The van der Waals surface area contributed by atoms with Crippen molar-refractivity contribution in [1.29, 1.82) is 0 Å². The Balaban J connectivity index is 1.84. The van der Waals surface area contributed by atoms with Crippen molar-refractivity contribution in [2.45, 2.75) is 25.0 Å². The van der Waals surface area contributed by atoms with E-state index in [1.165, 1.54) is 0 Å². The molecular weight excluding hydrogens is 313 g/mol. The first kappa shape index (κ1) is 15.1. The summed E-state index contributed by atoms with van der Waals surface area (Å²) in [5, 5.41) is 0.670. The van der Waals surface area contributed by atoms with Gasteiger partial charge in [0.15, 0.2) is 0 Å². The highest BCUT2D eigenvalue weighted by molar-refractivity contribution is 6.43. The largest absolute Gasteiger partial charge is 0.368 e. The van der Waals surface area contributed by atoms with Gasteiger partial charge in [0.2, 0.25) is 0 Å². The standard InChI is InChI=1S/C15H17Cl2NO3/c1-14(8-20-14)6-18(7-15(2)9-21-15)13(19)10-4-3-5-11(16)12(10)17/h3-5H,6-9H2,1-2H3. The molecule has 1 aromatic carbocycles. The molecule has 2 atom stereocenters. The molecule has 1 aromatic rings. The second kappa shape index (κ2) is 5.13. The van der Waals surface area contributed by atoms with E-state index in [-0.39, 0.29) is 22.1 Å². The van der Waals surface area contributed by atoms with Crippen LogP contribution in [0.25, 0.3) is 0 Å². The van der Waals surface area contributed by atoms with Crippen LogP contribution in [0.4, 0.5) is 0 Å². The van der Waals surface area contributed by atoms with E-state index in [4.69, 9.17) is 32.7 Å². The van der Waals surface area contributed by atoms with Gasteiger partial charge in [0.05, 0.1) is 41.9 Å². The number of carbonyl (C=O) groups excluding carboxylic acids is 1. The molecule has 0 N–H and O–H groups in total. The van der Waals surface area contributed by atoms with Gasteiger partial charge in [-0.25, -0.2) is 0 Å². The summed E-state index contributed by atoms with van der Waals surface area (Å²) in [6.45, 7) is 6.35. The zero-order chi connectivity index (χ0) is 15.3. The smallest absolute Gasteiger partial charge is 0.255 e. The molecule has 2 aliphatic heterocycles. The Hall–Kier alpha value is -0.810. The monoisotopic (exact) mass is 329 g/mol. The third kappa shape index (κ3) is 3.34. The number of hydrogen-bond donors (Lipinski definition) is 0. The average molecular weight is 330 g/mol. The van der Waals surface area contributed by atoms with E-state index < -0.39 is 0 Å². The molecule has 0 spiro atoms. The van der Waals surface area contributed by atoms with Gasteiger partial charge in [0, 0.05) is 0 Å². The molecule has 2 heterocycles. The maximum Gasteiger partial charge on any atom is 0.255 e. The highest BCUT2D eigenvalue weighted by Gasteiger charge is 2.47. The maximum atomic E-state index is 12.8. The fraction of sp³-hybridized carbons (Fsp3) is 0.533. The Morgan fingerprint density at radius 2 is 1.71 bits per heavy atom. The van der Waals surface area contributed by atoms with Crippen molar-refractivity contribution in [3.63, 3.8) is 0 Å². The van der Waals surface area contributed by atoms with Crippen molar-refractivity contribution in [2.24, 2.45) is 0 Å². The molecule has 2 fully saturated rings. The van der Waals surface area contributed by atoms with Crippen LogP contribution in [0.2, 0.25) is 10.0 Å². The number of epoxide rings is 2. The number of ether oxygens (including phenoxy) is 2. The first-order chi connectivity index (χ1) is 9.82. The molecule has 114 valence electrons. The van der Waals surface area contributed by atoms with Gasteiger partial charge in [-0.1, -0.05) is 29.3 Å². The number of benzene rings is 1. The van der Waals surface area contributed by atoms with E-state index in [0.29, 0.717) is 36.9 Å². The third-order valence-corrected chi connectivity index (χ3v) is 4.61. The van der Waals surface area contributed by atoms with Crippen molar-refractivity contribution in [2.75, 3.05) is 26.3 Å². The van der Waals surface area contributed by atoms with E-state index in [1.807, 2.05) is 13.8 Å². The van der Waals surface area contributed by atoms with Crippen LogP contribution in [0.15, 0.2) is 18.2 Å². The van der Waals surface area contributed by atoms with E-state index >= 15 is 0 Å². The van der Waals surface area contributed by atoms with Gasteiger partial charge in [-0.2, -0.15) is 0 Å². The van der Waals surface area contributed by atoms with Gasteiger partial charge in [0.1, 0.15) is 11.2 Å². The quantitative estimate of drug-likeness (QED) is 0.780. The van der Waals surface area contributed by atoms with Crippen LogP contribution in [0.1, 0.15) is 24.2 Å². The number of halogens is 2. The van der Waals surface area contributed by atoms with Gasteiger partial charge in [-0.3, -0.25) is 4.79 Å². The van der Waals surface area contributed by atoms with Crippen molar-refractivity contribution < 1.29 is 14.3 Å². The molecule has 2 saturated heterocycles. The summed E-state index contributed by atoms with van der Waals surface area (Å²) in [5.74, 6) is -0.143. The van der Waals surface area contributed by atoms with Crippen molar-refractivity contribution in [3.8, 4) is 0 Å². The fourth-order valence-electron chi connectivity index (χ4n) is 2.28. The van der Waals surface area contributed by atoms with E-state index in [2.05, 4.69) is 0 Å². The highest BCUT2D eigenvalue weighted by atomic mass is 35.5. The van der Waals surface area contributed by atoms with Crippen molar-refractivity contribution in [1.82, 2.24) is 4.90 Å². The van der Waals surface area contributed by atoms with Crippen LogP contribution in [0.3, 0.4) is 0 Å². The summed E-state index contributed by atoms with van der Waals surface area (Å²) >= 11 is 12.2. The lowest BCUT2D eigenvalue weighted by Gasteiger charge is -2.26. The average Bonchev–Trinajstić information content (AvgIpc) is 3.33. The lowest BCUT2D eigenvalue weighted by molar-refractivity contribution is 0.0664.